The Balaban J connectivity index is 2.10. The molecule has 14 nitrogen and oxygen atoms in total. The molecule has 1 saturated heterocycles. The molecule has 14 heteroatoms. The van der Waals surface area contributed by atoms with Crippen molar-refractivity contribution in [3.63, 3.8) is 0 Å². The number of aliphatic carboxylic acids is 1. The highest BCUT2D eigenvalue weighted by Gasteiger charge is 2.32. The van der Waals surface area contributed by atoms with E-state index in [0.29, 0.717) is 38.0 Å². The molecule has 1 fully saturated rings. The van der Waals surface area contributed by atoms with Crippen LogP contribution >= 0.6 is 0 Å². The van der Waals surface area contributed by atoms with E-state index >= 15 is 0 Å². The molecule has 194 valence electrons. The van der Waals surface area contributed by atoms with E-state index in [1.807, 2.05) is 0 Å². The summed E-state index contributed by atoms with van der Waals surface area (Å²) in [6.45, 7) is 1.03. The molecule has 4 unspecified atom stereocenters. The van der Waals surface area contributed by atoms with E-state index < -0.39 is 60.2 Å². The highest BCUT2D eigenvalue weighted by atomic mass is 16.4. The fraction of sp³-hybridized carbons (Fsp3) is 0.619. The molecule has 0 saturated carbocycles. The standard InChI is InChI=1S/C21H34N8O6/c22-6-2-1-4-14(19(32)29-16(21(34)35)8-12-10-24-11-26-12)27-20(33)15(9-17(23)30)28-18(31)13-5-3-7-25-13/h10-11,13-16,25H,1-9,22H2,(H2,23,30)(H,24,26)(H,27,33)(H,28,31)(H,29,32)(H,34,35). The van der Waals surface area contributed by atoms with Gasteiger partial charge in [-0.1, -0.05) is 0 Å². The second kappa shape index (κ2) is 14.0. The van der Waals surface area contributed by atoms with Crippen LogP contribution in [0.15, 0.2) is 12.5 Å². The summed E-state index contributed by atoms with van der Waals surface area (Å²) in [4.78, 5) is 68.2. The molecule has 1 aliphatic rings. The first-order valence-corrected chi connectivity index (χ1v) is 11.5. The molecule has 10 N–H and O–H groups in total. The molecule has 1 aromatic heterocycles. The van der Waals surface area contributed by atoms with Crippen LogP contribution in [0.2, 0.25) is 0 Å². The summed E-state index contributed by atoms with van der Waals surface area (Å²) in [5.74, 6) is -4.01. The first-order chi connectivity index (χ1) is 16.7. The SMILES string of the molecule is NCCCCC(NC(=O)C(CC(N)=O)NC(=O)C1CCCN1)C(=O)NC(Cc1cnc[nH]1)C(=O)O. The van der Waals surface area contributed by atoms with Gasteiger partial charge < -0.3 is 42.8 Å². The number of carbonyl (C=O) groups excluding carboxylic acids is 4. The highest BCUT2D eigenvalue weighted by Crippen LogP contribution is 2.08. The minimum Gasteiger partial charge on any atom is -0.480 e. The van der Waals surface area contributed by atoms with Gasteiger partial charge in [0.05, 0.1) is 18.8 Å². The van der Waals surface area contributed by atoms with Crippen molar-refractivity contribution in [2.45, 2.75) is 69.1 Å². The number of aromatic nitrogens is 2. The zero-order valence-electron chi connectivity index (χ0n) is 19.4. The minimum absolute atomic E-state index is 0.0424. The van der Waals surface area contributed by atoms with Gasteiger partial charge in [0, 0.05) is 18.3 Å². The Kier molecular flexibility index (Phi) is 11.1. The van der Waals surface area contributed by atoms with Crippen molar-refractivity contribution in [2.75, 3.05) is 13.1 Å². The van der Waals surface area contributed by atoms with Crippen LogP contribution in [0.1, 0.15) is 44.2 Å². The quantitative estimate of drug-likeness (QED) is 0.118. The van der Waals surface area contributed by atoms with Gasteiger partial charge in [0.2, 0.25) is 23.6 Å². The fourth-order valence-electron chi connectivity index (χ4n) is 3.71. The number of aromatic amines is 1. The molecule has 0 radical (unpaired) electrons. The second-order valence-electron chi connectivity index (χ2n) is 8.41. The number of carboxylic acid groups (broad SMARTS) is 1. The van der Waals surface area contributed by atoms with E-state index in [2.05, 4.69) is 31.2 Å². The molecule has 1 aliphatic heterocycles. The van der Waals surface area contributed by atoms with Crippen molar-refractivity contribution in [3.8, 4) is 0 Å². The monoisotopic (exact) mass is 494 g/mol. The molecule has 4 amide bonds. The molecular formula is C21H34N8O6. The van der Waals surface area contributed by atoms with Crippen LogP contribution in [0.3, 0.4) is 0 Å². The third kappa shape index (κ3) is 9.33. The van der Waals surface area contributed by atoms with Crippen LogP contribution in [-0.2, 0) is 30.4 Å². The Labute approximate surface area is 202 Å². The largest absolute Gasteiger partial charge is 0.480 e. The number of unbranched alkanes of at least 4 members (excludes halogenated alkanes) is 1. The third-order valence-electron chi connectivity index (χ3n) is 5.59. The summed E-state index contributed by atoms with van der Waals surface area (Å²) in [6, 6.07) is -4.16. The number of primary amides is 1. The first kappa shape index (κ1) is 27.7. The lowest BCUT2D eigenvalue weighted by Gasteiger charge is -2.25. The van der Waals surface area contributed by atoms with Crippen LogP contribution in [0, 0.1) is 0 Å². The van der Waals surface area contributed by atoms with Gasteiger partial charge in [-0.15, -0.1) is 0 Å². The van der Waals surface area contributed by atoms with Crippen LogP contribution < -0.4 is 32.7 Å². The fourth-order valence-corrected chi connectivity index (χ4v) is 3.71. The van der Waals surface area contributed by atoms with E-state index in [0.717, 1.165) is 6.42 Å². The Bertz CT molecular complexity index is 871. The average molecular weight is 495 g/mol. The van der Waals surface area contributed by atoms with Crippen molar-refractivity contribution in [2.24, 2.45) is 11.5 Å². The first-order valence-electron chi connectivity index (χ1n) is 11.5. The second-order valence-corrected chi connectivity index (χ2v) is 8.41. The summed E-state index contributed by atoms with van der Waals surface area (Å²) >= 11 is 0. The highest BCUT2D eigenvalue weighted by molar-refractivity contribution is 5.96. The molecule has 2 rings (SSSR count). The van der Waals surface area contributed by atoms with Crippen molar-refractivity contribution in [1.82, 2.24) is 31.2 Å². The van der Waals surface area contributed by atoms with Gasteiger partial charge in [0.25, 0.3) is 0 Å². The third-order valence-corrected chi connectivity index (χ3v) is 5.59. The van der Waals surface area contributed by atoms with Gasteiger partial charge in [0.1, 0.15) is 18.1 Å². The number of imidazole rings is 1. The van der Waals surface area contributed by atoms with Gasteiger partial charge in [-0.05, 0) is 45.2 Å². The van der Waals surface area contributed by atoms with Crippen LogP contribution in [-0.4, -0.2) is 81.9 Å². The summed E-state index contributed by atoms with van der Waals surface area (Å²) in [7, 11) is 0. The number of hydrogen-bond donors (Lipinski definition) is 8. The summed E-state index contributed by atoms with van der Waals surface area (Å²) < 4.78 is 0. The van der Waals surface area contributed by atoms with Gasteiger partial charge in [-0.2, -0.15) is 0 Å². The molecule has 4 atom stereocenters. The van der Waals surface area contributed by atoms with E-state index in [1.165, 1.54) is 12.5 Å². The summed E-state index contributed by atoms with van der Waals surface area (Å²) in [6.07, 6.45) is 4.95. The number of rotatable bonds is 15. The number of nitrogens with zero attached hydrogens (tertiary/aromatic N) is 1. The Morgan fingerprint density at radius 1 is 1.09 bits per heavy atom. The Hall–Kier alpha value is -3.52. The maximum absolute atomic E-state index is 13.0. The maximum atomic E-state index is 13.0. The van der Waals surface area contributed by atoms with E-state index in [4.69, 9.17) is 11.5 Å². The number of amides is 4. The topological polar surface area (TPSA) is 234 Å². The smallest absolute Gasteiger partial charge is 0.326 e. The van der Waals surface area contributed by atoms with Crippen molar-refractivity contribution >= 4 is 29.6 Å². The van der Waals surface area contributed by atoms with Crippen LogP contribution in [0.5, 0.6) is 0 Å². The summed E-state index contributed by atoms with van der Waals surface area (Å²) in [5, 5.41) is 20.0. The number of nitrogens with one attached hydrogen (secondary N) is 5. The molecule has 0 bridgehead atoms. The number of carbonyl (C=O) groups is 5. The minimum atomic E-state index is -1.28. The number of hydrogen-bond acceptors (Lipinski definition) is 8. The lowest BCUT2D eigenvalue weighted by Crippen LogP contribution is -2.57. The van der Waals surface area contributed by atoms with Crippen molar-refractivity contribution in [3.05, 3.63) is 18.2 Å². The van der Waals surface area contributed by atoms with Gasteiger partial charge in [-0.25, -0.2) is 9.78 Å². The summed E-state index contributed by atoms with van der Waals surface area (Å²) in [5.41, 5.74) is 11.3. The number of carboxylic acids is 1. The molecular weight excluding hydrogens is 460 g/mol. The molecule has 2 heterocycles. The Morgan fingerprint density at radius 2 is 1.80 bits per heavy atom. The van der Waals surface area contributed by atoms with Crippen LogP contribution in [0.4, 0.5) is 0 Å². The Morgan fingerprint density at radius 3 is 2.37 bits per heavy atom. The zero-order chi connectivity index (χ0) is 25.8. The van der Waals surface area contributed by atoms with Crippen LogP contribution in [0.25, 0.3) is 0 Å². The van der Waals surface area contributed by atoms with Crippen molar-refractivity contribution in [1.29, 1.82) is 0 Å². The molecule has 0 aliphatic carbocycles. The lowest BCUT2D eigenvalue weighted by molar-refractivity contribution is -0.142. The zero-order valence-corrected chi connectivity index (χ0v) is 19.4. The molecule has 1 aromatic rings. The van der Waals surface area contributed by atoms with E-state index in [-0.39, 0.29) is 12.8 Å². The lowest BCUT2D eigenvalue weighted by atomic mass is 10.1. The van der Waals surface area contributed by atoms with Gasteiger partial charge in [0.15, 0.2) is 0 Å². The van der Waals surface area contributed by atoms with E-state index in [9.17, 15) is 29.1 Å². The van der Waals surface area contributed by atoms with Crippen molar-refractivity contribution < 1.29 is 29.1 Å². The predicted molar refractivity (Wildman–Crippen MR) is 123 cm³/mol. The average Bonchev–Trinajstić information content (AvgIpc) is 3.51. The van der Waals surface area contributed by atoms with E-state index in [1.54, 1.807) is 0 Å². The molecule has 35 heavy (non-hydrogen) atoms. The molecule has 0 spiro atoms. The predicted octanol–water partition coefficient (Wildman–Crippen LogP) is -2.75. The van der Waals surface area contributed by atoms with Gasteiger partial charge in [-0.3, -0.25) is 19.2 Å². The van der Waals surface area contributed by atoms with Gasteiger partial charge >= 0.3 is 5.97 Å². The maximum Gasteiger partial charge on any atom is 0.326 e. The molecule has 0 aromatic carbocycles. The normalized spacial score (nSPS) is 17.7. The number of H-pyrrole nitrogens is 1. The number of nitrogens with two attached hydrogens (primary N) is 2.